The highest BCUT2D eigenvalue weighted by Crippen LogP contribution is 2.68. The van der Waals surface area contributed by atoms with Gasteiger partial charge < -0.3 is 0 Å². The minimum Gasteiger partial charge on any atom is -0.201 e. The van der Waals surface area contributed by atoms with Gasteiger partial charge in [-0.15, -0.1) is 22.2 Å². The Morgan fingerprint density at radius 2 is 0.439 bits per heavy atom. The molecule has 41 heavy (non-hydrogen) atoms. The van der Waals surface area contributed by atoms with Gasteiger partial charge in [0.1, 0.15) is 0 Å². The predicted octanol–water partition coefficient (Wildman–Crippen LogP) is 9.63. The van der Waals surface area contributed by atoms with Gasteiger partial charge in [0, 0.05) is 0 Å². The number of hydrogen-bond donors (Lipinski definition) is 0. The van der Waals surface area contributed by atoms with Crippen LogP contribution in [0.2, 0.25) is 6.55 Å². The minimum atomic E-state index is -9.61. The zero-order valence-electron chi connectivity index (χ0n) is 17.7. The molecule has 0 fully saturated rings. The van der Waals surface area contributed by atoms with Crippen LogP contribution < -0.4 is 0 Å². The van der Waals surface area contributed by atoms with Gasteiger partial charge >= 0.3 is 77.6 Å². The van der Waals surface area contributed by atoms with Crippen LogP contribution in [-0.4, -0.2) is 77.6 Å². The summed E-state index contributed by atoms with van der Waals surface area (Å²) in [5, 5.41) is 0. The largest absolute Gasteiger partial charge is 0.460 e. The summed E-state index contributed by atoms with van der Waals surface area (Å²) in [5.74, 6) is -91.8. The van der Waals surface area contributed by atoms with Crippen LogP contribution >= 0.6 is 22.2 Å². The van der Waals surface area contributed by atoms with E-state index < -0.39 is 84.2 Å². The molecule has 0 amide bonds. The van der Waals surface area contributed by atoms with Gasteiger partial charge in [-0.2, -0.15) is 101 Å². The lowest BCUT2D eigenvalue weighted by Gasteiger charge is -2.46. The Kier molecular flexibility index (Phi) is 9.30. The number of rotatable bonds is 11. The van der Waals surface area contributed by atoms with Crippen LogP contribution in [0.15, 0.2) is 0 Å². The highest BCUT2D eigenvalue weighted by atomic mass is 35.7. The molecule has 0 spiro atoms. The first-order valence-electron chi connectivity index (χ1n) is 8.60. The van der Waals surface area contributed by atoms with Crippen molar-refractivity contribution in [3.8, 4) is 0 Å². The van der Waals surface area contributed by atoms with Crippen LogP contribution in [-0.2, 0) is 0 Å². The molecule has 0 radical (unpaired) electrons. The molecule has 0 unspecified atom stereocenters. The predicted molar refractivity (Wildman–Crippen MR) is 83.8 cm³/mol. The van der Waals surface area contributed by atoms with Crippen LogP contribution in [0.5, 0.6) is 0 Å². The summed E-state index contributed by atoms with van der Waals surface area (Å²) < 4.78 is 331. The van der Waals surface area contributed by atoms with Crippen molar-refractivity contribution in [2.45, 2.75) is 77.5 Å². The second-order valence-electron chi connectivity index (χ2n) is 7.70. The summed E-state index contributed by atoms with van der Waals surface area (Å²) in [7, 11) is 0. The Labute approximate surface area is 217 Å². The standard InChI is InChI=1S/C13H3Cl2F25Si/c1-41(14,15)13(39,40)11(34,35)9(30,31)7(26,27)5(22,23)3(18,19)2(16,17)4(20,21)6(24,25)8(28,29)10(32,33)12(36,37)38/h1H3. The summed E-state index contributed by atoms with van der Waals surface area (Å²) in [5.41, 5.74) is -7.08. The lowest BCUT2D eigenvalue weighted by atomic mass is 9.85. The fourth-order valence-electron chi connectivity index (χ4n) is 2.23. The van der Waals surface area contributed by atoms with E-state index in [0.717, 1.165) is 0 Å². The topological polar surface area (TPSA) is 0 Å². The van der Waals surface area contributed by atoms with Crippen molar-refractivity contribution in [2.24, 2.45) is 0 Å². The van der Waals surface area contributed by atoms with Crippen molar-refractivity contribution in [3.63, 3.8) is 0 Å². The van der Waals surface area contributed by atoms with E-state index in [-0.39, 0.29) is 0 Å². The van der Waals surface area contributed by atoms with E-state index in [2.05, 4.69) is 22.2 Å². The highest BCUT2D eigenvalue weighted by Gasteiger charge is 3.00. The molecule has 0 aromatic heterocycles. The second-order valence-corrected chi connectivity index (χ2v) is 15.2. The average Bonchev–Trinajstić information content (AvgIpc) is 2.70. The zero-order chi connectivity index (χ0) is 34.5. The van der Waals surface area contributed by atoms with E-state index in [1.165, 1.54) is 0 Å². The monoisotopic (exact) mass is 732 g/mol. The average molecular weight is 733 g/mol. The first-order valence-corrected chi connectivity index (χ1v) is 13.1. The molecule has 0 atom stereocenters. The Bertz CT molecular complexity index is 895. The van der Waals surface area contributed by atoms with Gasteiger partial charge in [0.15, 0.2) is 0 Å². The number of alkyl halides is 25. The Morgan fingerprint density at radius 3 is 0.585 bits per heavy atom. The van der Waals surface area contributed by atoms with Crippen molar-refractivity contribution in [3.05, 3.63) is 0 Å². The number of halogens is 27. The summed E-state index contributed by atoms with van der Waals surface area (Å²) in [6, 6.07) is 0. The SMILES string of the molecule is C[Si](Cl)(Cl)C(F)(F)C(F)(F)C(F)(F)C(F)(F)C(F)(F)C(F)(F)C(F)(F)C(F)(F)C(F)(F)C(F)(F)C(F)(F)C(F)(F)F. The van der Waals surface area contributed by atoms with Crippen molar-refractivity contribution >= 4 is 28.9 Å². The van der Waals surface area contributed by atoms with E-state index in [4.69, 9.17) is 0 Å². The third-order valence-corrected chi connectivity index (χ3v) is 7.69. The first kappa shape index (κ1) is 40.0. The molecular weight excluding hydrogens is 730 g/mol. The molecule has 0 aliphatic rings. The maximum absolute atomic E-state index is 13.6. The molecule has 0 aliphatic carbocycles. The molecule has 0 aliphatic heterocycles. The molecule has 0 heterocycles. The Balaban J connectivity index is 7.41. The molecular formula is C13H3Cl2F25Si. The van der Waals surface area contributed by atoms with Crippen LogP contribution in [0, 0.1) is 0 Å². The molecule has 0 N–H and O–H groups in total. The van der Waals surface area contributed by atoms with Crippen LogP contribution in [0.25, 0.3) is 0 Å². The fourth-order valence-corrected chi connectivity index (χ4v) is 3.65. The van der Waals surface area contributed by atoms with E-state index >= 15 is 0 Å². The summed E-state index contributed by atoms with van der Waals surface area (Å²) in [4.78, 5) is 0. The highest BCUT2D eigenvalue weighted by molar-refractivity contribution is 7.46. The summed E-state index contributed by atoms with van der Waals surface area (Å²) in [6.45, 7) is -7.01. The third kappa shape index (κ3) is 4.68. The zero-order valence-corrected chi connectivity index (χ0v) is 20.2. The van der Waals surface area contributed by atoms with Gasteiger partial charge in [-0.1, -0.05) is 0 Å². The smallest absolute Gasteiger partial charge is 0.201 e. The molecule has 0 nitrogen and oxygen atoms in total. The van der Waals surface area contributed by atoms with Crippen molar-refractivity contribution in [1.29, 1.82) is 0 Å². The Hall–Kier alpha value is -0.953. The van der Waals surface area contributed by atoms with Crippen molar-refractivity contribution < 1.29 is 110 Å². The van der Waals surface area contributed by atoms with Crippen LogP contribution in [0.4, 0.5) is 110 Å². The van der Waals surface area contributed by atoms with Crippen molar-refractivity contribution in [1.82, 2.24) is 0 Å². The van der Waals surface area contributed by atoms with Crippen molar-refractivity contribution in [2.75, 3.05) is 0 Å². The molecule has 28 heteroatoms. The molecule has 0 aromatic carbocycles. The summed E-state index contributed by atoms with van der Waals surface area (Å²) >= 11 is 8.82. The third-order valence-electron chi connectivity index (χ3n) is 4.85. The second kappa shape index (κ2) is 9.52. The van der Waals surface area contributed by atoms with Gasteiger partial charge in [-0.25, -0.2) is 8.78 Å². The van der Waals surface area contributed by atoms with Gasteiger partial charge in [0.2, 0.25) is 0 Å². The molecule has 0 rings (SSSR count). The lowest BCUT2D eigenvalue weighted by Crippen LogP contribution is -2.78. The van der Waals surface area contributed by atoms with E-state index in [0.29, 0.717) is 0 Å². The first-order chi connectivity index (χ1) is 17.0. The van der Waals surface area contributed by atoms with E-state index in [9.17, 15) is 110 Å². The van der Waals surface area contributed by atoms with Gasteiger partial charge in [0.05, 0.1) is 0 Å². The maximum atomic E-state index is 13.6. The van der Waals surface area contributed by atoms with E-state index in [1.807, 2.05) is 0 Å². The van der Waals surface area contributed by atoms with Gasteiger partial charge in [-0.3, -0.25) is 0 Å². The molecule has 0 aromatic rings. The quantitative estimate of drug-likeness (QED) is 0.113. The van der Waals surface area contributed by atoms with Crippen LogP contribution in [0.1, 0.15) is 0 Å². The molecule has 0 saturated heterocycles. The lowest BCUT2D eigenvalue weighted by molar-refractivity contribution is -0.480. The van der Waals surface area contributed by atoms with Crippen LogP contribution in [0.3, 0.4) is 0 Å². The van der Waals surface area contributed by atoms with Gasteiger partial charge in [-0.05, 0) is 6.55 Å². The molecule has 248 valence electrons. The Morgan fingerprint density at radius 1 is 0.293 bits per heavy atom. The van der Waals surface area contributed by atoms with E-state index in [1.54, 1.807) is 0 Å². The molecule has 0 bridgehead atoms. The fraction of sp³-hybridized carbons (Fsp3) is 1.00. The summed E-state index contributed by atoms with van der Waals surface area (Å²) in [6.07, 6.45) is -8.17. The maximum Gasteiger partial charge on any atom is 0.460 e. The minimum absolute atomic E-state index is 0.557. The molecule has 0 saturated carbocycles. The number of hydrogen-bond acceptors (Lipinski definition) is 0. The normalized spacial score (nSPS) is 17.3. The van der Waals surface area contributed by atoms with Gasteiger partial charge in [0.25, 0.3) is 0 Å².